The minimum absolute atomic E-state index is 1.10. The van der Waals surface area contributed by atoms with Crippen molar-refractivity contribution < 1.29 is 0 Å². The quantitative estimate of drug-likeness (QED) is 0.238. The van der Waals surface area contributed by atoms with E-state index < -0.39 is 0 Å². The molecule has 1 aliphatic carbocycles. The van der Waals surface area contributed by atoms with Gasteiger partial charge in [0.1, 0.15) is 0 Å². The van der Waals surface area contributed by atoms with Gasteiger partial charge in [-0.15, -0.1) is 8.58 Å². The van der Waals surface area contributed by atoms with Gasteiger partial charge >= 0.3 is 0 Å². The van der Waals surface area contributed by atoms with Crippen molar-refractivity contribution in [2.24, 2.45) is 0 Å². The van der Waals surface area contributed by atoms with Gasteiger partial charge in [0.2, 0.25) is 0 Å². The van der Waals surface area contributed by atoms with Crippen LogP contribution < -0.4 is 0 Å². The van der Waals surface area contributed by atoms with E-state index in [0.29, 0.717) is 0 Å². The van der Waals surface area contributed by atoms with Gasteiger partial charge in [-0.05, 0) is 31.1 Å². The number of rotatable bonds is 12. The predicted octanol–water partition coefficient (Wildman–Crippen LogP) is 9.26. The molecule has 1 saturated carbocycles. The van der Waals surface area contributed by atoms with Crippen molar-refractivity contribution >= 4 is 8.58 Å². The highest BCUT2D eigenvalue weighted by molar-refractivity contribution is 7.38. The summed E-state index contributed by atoms with van der Waals surface area (Å²) in [5.74, 6) is 0. The van der Waals surface area contributed by atoms with Crippen molar-refractivity contribution in [3.05, 3.63) is 0 Å². The molecule has 1 heteroatoms. The summed E-state index contributed by atoms with van der Waals surface area (Å²) in [7, 11) is 1.28. The highest BCUT2D eigenvalue weighted by atomic mass is 31.1. The van der Waals surface area contributed by atoms with Crippen LogP contribution in [-0.4, -0.2) is 11.8 Å². The van der Waals surface area contributed by atoms with Gasteiger partial charge < -0.3 is 0 Å². The summed E-state index contributed by atoms with van der Waals surface area (Å²) in [4.78, 5) is 0. The van der Waals surface area contributed by atoms with Crippen molar-refractivity contribution in [3.8, 4) is 0 Å². The maximum Gasteiger partial charge on any atom is -0.0237 e. The van der Waals surface area contributed by atoms with Crippen LogP contribution in [0.4, 0.5) is 0 Å². The van der Waals surface area contributed by atoms with E-state index in [1.807, 2.05) is 0 Å². The summed E-state index contributed by atoms with van der Waals surface area (Å²) in [6, 6.07) is 0. The van der Waals surface area contributed by atoms with Crippen molar-refractivity contribution in [1.29, 1.82) is 0 Å². The second kappa shape index (κ2) is 19.2. The molecular weight excluding hydrogens is 319 g/mol. The van der Waals surface area contributed by atoms with Crippen molar-refractivity contribution in [2.75, 3.05) is 6.16 Å². The smallest absolute Gasteiger partial charge is 0.0237 e. The summed E-state index contributed by atoms with van der Waals surface area (Å²) in [6.45, 7) is 2.31. The van der Waals surface area contributed by atoms with E-state index in [4.69, 9.17) is 0 Å². The molecule has 1 atom stereocenters. The fourth-order valence-corrected chi connectivity index (χ4v) is 5.96. The zero-order valence-corrected chi connectivity index (χ0v) is 18.6. The Morgan fingerprint density at radius 3 is 1.40 bits per heavy atom. The number of hydrogen-bond acceptors (Lipinski definition) is 0. The Morgan fingerprint density at radius 2 is 0.920 bits per heavy atom. The Hall–Kier alpha value is 0.430. The molecule has 0 spiro atoms. The zero-order valence-electron chi connectivity index (χ0n) is 17.6. The zero-order chi connectivity index (χ0) is 17.8. The molecule has 0 amide bonds. The molecule has 0 nitrogen and oxygen atoms in total. The van der Waals surface area contributed by atoms with E-state index in [-0.39, 0.29) is 0 Å². The Balaban J connectivity index is 1.93. The Morgan fingerprint density at radius 1 is 0.520 bits per heavy atom. The van der Waals surface area contributed by atoms with Crippen LogP contribution in [0.3, 0.4) is 0 Å². The molecule has 1 aliphatic rings. The van der Waals surface area contributed by atoms with E-state index in [2.05, 4.69) is 6.92 Å². The van der Waals surface area contributed by atoms with Gasteiger partial charge in [-0.1, -0.05) is 122 Å². The molecule has 1 unspecified atom stereocenters. The molecule has 0 heterocycles. The van der Waals surface area contributed by atoms with Crippen molar-refractivity contribution in [2.45, 2.75) is 147 Å². The first kappa shape index (κ1) is 23.5. The topological polar surface area (TPSA) is 0 Å². The minimum Gasteiger partial charge on any atom is -0.119 e. The van der Waals surface area contributed by atoms with Crippen LogP contribution in [0.1, 0.15) is 142 Å². The molecule has 25 heavy (non-hydrogen) atoms. The standard InChI is InChI=1S/C24H49P/c1-2-3-4-5-6-7-11-14-17-20-23-25-24-21-18-15-12-9-8-10-13-16-19-22-24/h24-25H,2-23H2,1H3. The third kappa shape index (κ3) is 16.3. The van der Waals surface area contributed by atoms with Crippen LogP contribution >= 0.6 is 8.58 Å². The lowest BCUT2D eigenvalue weighted by Gasteiger charge is -2.18. The van der Waals surface area contributed by atoms with Crippen LogP contribution in [0.2, 0.25) is 0 Å². The third-order valence-corrected chi connectivity index (χ3v) is 7.87. The lowest BCUT2D eigenvalue weighted by atomic mass is 10.0. The maximum absolute atomic E-state index is 2.31. The van der Waals surface area contributed by atoms with Crippen molar-refractivity contribution in [3.63, 3.8) is 0 Å². The van der Waals surface area contributed by atoms with E-state index in [9.17, 15) is 0 Å². The van der Waals surface area contributed by atoms with E-state index in [0.717, 1.165) is 5.66 Å². The fourth-order valence-electron chi connectivity index (χ4n) is 4.29. The summed E-state index contributed by atoms with van der Waals surface area (Å²) in [6.07, 6.45) is 33.0. The number of hydrogen-bond donors (Lipinski definition) is 0. The maximum atomic E-state index is 2.31. The van der Waals surface area contributed by atoms with Gasteiger partial charge in [0.25, 0.3) is 0 Å². The van der Waals surface area contributed by atoms with Gasteiger partial charge in [0.05, 0.1) is 0 Å². The van der Waals surface area contributed by atoms with Crippen molar-refractivity contribution in [1.82, 2.24) is 0 Å². The summed E-state index contributed by atoms with van der Waals surface area (Å²) < 4.78 is 0. The normalized spacial score (nSPS) is 19.1. The van der Waals surface area contributed by atoms with Gasteiger partial charge in [-0.3, -0.25) is 0 Å². The van der Waals surface area contributed by atoms with Crippen LogP contribution in [0.15, 0.2) is 0 Å². The summed E-state index contributed by atoms with van der Waals surface area (Å²) in [5.41, 5.74) is 1.10. The predicted molar refractivity (Wildman–Crippen MR) is 120 cm³/mol. The highest BCUT2D eigenvalue weighted by Crippen LogP contribution is 2.31. The molecular formula is C24H49P. The molecule has 1 fully saturated rings. The first-order valence-electron chi connectivity index (χ1n) is 12.2. The Bertz CT molecular complexity index is 238. The second-order valence-electron chi connectivity index (χ2n) is 8.59. The summed E-state index contributed by atoms with van der Waals surface area (Å²) >= 11 is 0. The molecule has 0 radical (unpaired) electrons. The van der Waals surface area contributed by atoms with E-state index in [1.165, 1.54) is 131 Å². The lowest BCUT2D eigenvalue weighted by molar-refractivity contribution is 0.508. The second-order valence-corrected chi connectivity index (χ2v) is 10.3. The first-order chi connectivity index (χ1) is 12.4. The molecule has 0 bridgehead atoms. The van der Waals surface area contributed by atoms with Gasteiger partial charge in [0, 0.05) is 0 Å². The van der Waals surface area contributed by atoms with Crippen LogP contribution in [-0.2, 0) is 0 Å². The fraction of sp³-hybridized carbons (Fsp3) is 1.00. The molecule has 150 valence electrons. The molecule has 0 saturated heterocycles. The molecule has 1 rings (SSSR count). The Labute approximate surface area is 162 Å². The SMILES string of the molecule is CCCCCCCCCCCCPC1CCCCCCCCCCC1. The Kier molecular flexibility index (Phi) is 18.0. The summed E-state index contributed by atoms with van der Waals surface area (Å²) in [5, 5.41) is 0. The first-order valence-corrected chi connectivity index (χ1v) is 13.5. The molecule has 0 aromatic carbocycles. The van der Waals surface area contributed by atoms with E-state index >= 15 is 0 Å². The lowest BCUT2D eigenvalue weighted by Crippen LogP contribution is -2.03. The average Bonchev–Trinajstić information content (AvgIpc) is 2.61. The van der Waals surface area contributed by atoms with Gasteiger partial charge in [0.15, 0.2) is 0 Å². The van der Waals surface area contributed by atoms with Crippen LogP contribution in [0.25, 0.3) is 0 Å². The largest absolute Gasteiger partial charge is 0.119 e. The van der Waals surface area contributed by atoms with Gasteiger partial charge in [-0.2, -0.15) is 0 Å². The van der Waals surface area contributed by atoms with Gasteiger partial charge in [-0.25, -0.2) is 0 Å². The molecule has 0 aromatic heterocycles. The van der Waals surface area contributed by atoms with E-state index in [1.54, 1.807) is 19.0 Å². The molecule has 0 aromatic rings. The third-order valence-electron chi connectivity index (χ3n) is 6.07. The molecule has 0 aliphatic heterocycles. The average molecular weight is 369 g/mol. The minimum atomic E-state index is 1.10. The monoisotopic (exact) mass is 368 g/mol. The van der Waals surface area contributed by atoms with Crippen LogP contribution in [0.5, 0.6) is 0 Å². The molecule has 0 N–H and O–H groups in total. The highest BCUT2D eigenvalue weighted by Gasteiger charge is 2.09. The van der Waals surface area contributed by atoms with Crippen LogP contribution in [0, 0.1) is 0 Å². The number of unbranched alkanes of at least 4 members (excludes halogenated alkanes) is 9.